The third-order valence-corrected chi connectivity index (χ3v) is 4.96. The summed E-state index contributed by atoms with van der Waals surface area (Å²) < 4.78 is 5.13. The molecular weight excluding hydrogens is 368 g/mol. The Balaban J connectivity index is 1.59. The zero-order valence-electron chi connectivity index (χ0n) is 17.4. The van der Waals surface area contributed by atoms with Gasteiger partial charge in [0, 0.05) is 31.3 Å². The van der Waals surface area contributed by atoms with Crippen molar-refractivity contribution in [1.82, 2.24) is 20.2 Å². The molecule has 0 saturated carbocycles. The largest absolute Gasteiger partial charge is 0.497 e. The molecule has 0 radical (unpaired) electrons. The molecule has 1 atom stereocenters. The number of carbonyl (C=O) groups excluding carboxylic acids is 1. The maximum absolute atomic E-state index is 12.4. The number of ether oxygens (including phenoxy) is 1. The zero-order valence-corrected chi connectivity index (χ0v) is 17.4. The van der Waals surface area contributed by atoms with Gasteiger partial charge in [-0.1, -0.05) is 0 Å². The van der Waals surface area contributed by atoms with Crippen LogP contribution < -0.4 is 20.7 Å². The second-order valence-electron chi connectivity index (χ2n) is 7.34. The molecule has 2 aromatic rings. The van der Waals surface area contributed by atoms with Gasteiger partial charge in [0.05, 0.1) is 25.9 Å². The number of nitrogens with zero attached hydrogens (tertiary/aromatic N) is 3. The quantitative estimate of drug-likeness (QED) is 0.627. The van der Waals surface area contributed by atoms with Crippen molar-refractivity contribution in [1.29, 1.82) is 0 Å². The van der Waals surface area contributed by atoms with Gasteiger partial charge in [0.1, 0.15) is 17.4 Å². The first kappa shape index (κ1) is 21.0. The Hall–Kier alpha value is -2.71. The van der Waals surface area contributed by atoms with E-state index in [0.29, 0.717) is 12.5 Å². The van der Waals surface area contributed by atoms with Gasteiger partial charge in [0.15, 0.2) is 0 Å². The highest BCUT2D eigenvalue weighted by Gasteiger charge is 2.19. The molecular formula is C21H30N6O2. The first-order valence-corrected chi connectivity index (χ1v) is 9.96. The second-order valence-corrected chi connectivity index (χ2v) is 7.34. The van der Waals surface area contributed by atoms with Gasteiger partial charge in [-0.05, 0) is 50.7 Å². The number of nitrogens with one attached hydrogen (secondary N) is 3. The number of likely N-dealkylation sites (N-methyl/N-ethyl adjacent to an activating group) is 1. The van der Waals surface area contributed by atoms with E-state index in [4.69, 9.17) is 9.72 Å². The van der Waals surface area contributed by atoms with E-state index in [1.807, 2.05) is 49.3 Å². The third kappa shape index (κ3) is 6.13. The molecule has 1 saturated heterocycles. The molecule has 0 spiro atoms. The Morgan fingerprint density at radius 3 is 2.76 bits per heavy atom. The molecule has 156 valence electrons. The number of hydrogen-bond acceptors (Lipinski definition) is 7. The Morgan fingerprint density at radius 1 is 1.31 bits per heavy atom. The molecule has 0 aliphatic carbocycles. The smallest absolute Gasteiger partial charge is 0.238 e. The minimum Gasteiger partial charge on any atom is -0.497 e. The van der Waals surface area contributed by atoms with E-state index in [2.05, 4.69) is 20.9 Å². The molecule has 3 rings (SSSR count). The summed E-state index contributed by atoms with van der Waals surface area (Å²) in [7, 11) is 5.37. The van der Waals surface area contributed by atoms with Crippen molar-refractivity contribution in [2.75, 3.05) is 51.5 Å². The predicted octanol–water partition coefficient (Wildman–Crippen LogP) is 2.06. The Bertz CT molecular complexity index is 805. The number of rotatable bonds is 8. The van der Waals surface area contributed by atoms with E-state index in [0.717, 1.165) is 54.7 Å². The Morgan fingerprint density at radius 2 is 2.10 bits per heavy atom. The third-order valence-electron chi connectivity index (χ3n) is 4.96. The van der Waals surface area contributed by atoms with Crippen molar-refractivity contribution in [3.63, 3.8) is 0 Å². The van der Waals surface area contributed by atoms with Crippen molar-refractivity contribution in [3.05, 3.63) is 41.9 Å². The fourth-order valence-electron chi connectivity index (χ4n) is 3.45. The van der Waals surface area contributed by atoms with Crippen molar-refractivity contribution in [2.45, 2.75) is 25.3 Å². The summed E-state index contributed by atoms with van der Waals surface area (Å²) in [6.07, 6.45) is 2.29. The van der Waals surface area contributed by atoms with Crippen LogP contribution in [0.4, 0.5) is 11.5 Å². The summed E-state index contributed by atoms with van der Waals surface area (Å²) in [6.45, 7) is 2.76. The van der Waals surface area contributed by atoms with Crippen LogP contribution in [0.15, 0.2) is 30.3 Å². The van der Waals surface area contributed by atoms with E-state index in [1.54, 1.807) is 7.11 Å². The lowest BCUT2D eigenvalue weighted by Gasteiger charge is -2.23. The zero-order chi connectivity index (χ0) is 20.6. The molecule has 8 nitrogen and oxygen atoms in total. The first-order chi connectivity index (χ1) is 14.1. The summed E-state index contributed by atoms with van der Waals surface area (Å²) in [5.41, 5.74) is 1.80. The highest BCUT2D eigenvalue weighted by Crippen LogP contribution is 2.23. The van der Waals surface area contributed by atoms with Crippen molar-refractivity contribution in [3.8, 4) is 5.75 Å². The van der Waals surface area contributed by atoms with Gasteiger partial charge < -0.3 is 20.7 Å². The molecule has 1 amide bonds. The maximum atomic E-state index is 12.4. The summed E-state index contributed by atoms with van der Waals surface area (Å²) >= 11 is 0. The molecule has 1 aliphatic heterocycles. The van der Waals surface area contributed by atoms with Crippen LogP contribution >= 0.6 is 0 Å². The lowest BCUT2D eigenvalue weighted by atomic mass is 9.96. The normalized spacial score (nSPS) is 16.5. The van der Waals surface area contributed by atoms with E-state index >= 15 is 0 Å². The van der Waals surface area contributed by atoms with E-state index in [9.17, 15) is 4.79 Å². The maximum Gasteiger partial charge on any atom is 0.238 e. The average Bonchev–Trinajstić information content (AvgIpc) is 2.74. The van der Waals surface area contributed by atoms with Gasteiger partial charge in [-0.2, -0.15) is 0 Å². The summed E-state index contributed by atoms with van der Waals surface area (Å²) in [4.78, 5) is 23.6. The van der Waals surface area contributed by atoms with Gasteiger partial charge in [0.2, 0.25) is 5.91 Å². The lowest BCUT2D eigenvalue weighted by Crippen LogP contribution is -2.31. The van der Waals surface area contributed by atoms with Gasteiger partial charge >= 0.3 is 0 Å². The van der Waals surface area contributed by atoms with E-state index in [1.165, 1.54) is 0 Å². The number of carbonyl (C=O) groups is 1. The fraction of sp³-hybridized carbons (Fsp3) is 0.476. The Labute approximate surface area is 172 Å². The summed E-state index contributed by atoms with van der Waals surface area (Å²) in [5.74, 6) is 2.61. The molecule has 0 unspecified atom stereocenters. The number of anilines is 2. The van der Waals surface area contributed by atoms with Gasteiger partial charge in [-0.3, -0.25) is 9.69 Å². The van der Waals surface area contributed by atoms with Gasteiger partial charge in [0.25, 0.3) is 0 Å². The SMILES string of the molecule is CNc1cc([C@H]2CCCNC2)nc(CN(C)CC(=O)Nc2ccc(OC)cc2)n1. The molecule has 1 aliphatic rings. The number of hydrogen-bond donors (Lipinski definition) is 3. The van der Waals surface area contributed by atoms with Crippen molar-refractivity contribution in [2.24, 2.45) is 0 Å². The molecule has 1 aromatic heterocycles. The predicted molar refractivity (Wildman–Crippen MR) is 114 cm³/mol. The van der Waals surface area contributed by atoms with Crippen LogP contribution in [0.5, 0.6) is 5.75 Å². The summed E-state index contributed by atoms with van der Waals surface area (Å²) in [6, 6.07) is 9.30. The minimum absolute atomic E-state index is 0.0841. The summed E-state index contributed by atoms with van der Waals surface area (Å²) in [5, 5.41) is 9.46. The molecule has 0 bridgehead atoms. The molecule has 8 heteroatoms. The van der Waals surface area contributed by atoms with Crippen LogP contribution in [-0.2, 0) is 11.3 Å². The number of methoxy groups -OCH3 is 1. The topological polar surface area (TPSA) is 91.4 Å². The van der Waals surface area contributed by atoms with Crippen LogP contribution in [-0.4, -0.2) is 61.6 Å². The van der Waals surface area contributed by atoms with E-state index < -0.39 is 0 Å². The molecule has 3 N–H and O–H groups in total. The van der Waals surface area contributed by atoms with Gasteiger partial charge in [-0.25, -0.2) is 9.97 Å². The standard InChI is InChI=1S/C21H30N6O2/c1-22-19-11-18(15-5-4-10-23-12-15)25-20(26-19)13-27(2)14-21(28)24-16-6-8-17(29-3)9-7-16/h6-9,11,15,23H,4-5,10,12-14H2,1-3H3,(H,24,28)(H,22,25,26)/t15-/m0/s1. The van der Waals surface area contributed by atoms with Crippen LogP contribution in [0.25, 0.3) is 0 Å². The van der Waals surface area contributed by atoms with Crippen molar-refractivity contribution < 1.29 is 9.53 Å². The van der Waals surface area contributed by atoms with Crippen LogP contribution in [0.1, 0.15) is 30.3 Å². The number of aromatic nitrogens is 2. The first-order valence-electron chi connectivity index (χ1n) is 9.96. The van der Waals surface area contributed by atoms with E-state index in [-0.39, 0.29) is 12.5 Å². The highest BCUT2D eigenvalue weighted by molar-refractivity contribution is 5.92. The van der Waals surface area contributed by atoms with Crippen LogP contribution in [0, 0.1) is 0 Å². The van der Waals surface area contributed by atoms with Gasteiger partial charge in [-0.15, -0.1) is 0 Å². The second kappa shape index (κ2) is 10.2. The monoisotopic (exact) mass is 398 g/mol. The van der Waals surface area contributed by atoms with Crippen LogP contribution in [0.3, 0.4) is 0 Å². The molecule has 29 heavy (non-hydrogen) atoms. The van der Waals surface area contributed by atoms with Crippen molar-refractivity contribution >= 4 is 17.4 Å². The molecule has 2 heterocycles. The molecule has 1 aromatic carbocycles. The lowest BCUT2D eigenvalue weighted by molar-refractivity contribution is -0.117. The Kier molecular flexibility index (Phi) is 7.37. The van der Waals surface area contributed by atoms with Crippen LogP contribution in [0.2, 0.25) is 0 Å². The average molecular weight is 399 g/mol. The molecule has 1 fully saturated rings. The number of piperidine rings is 1. The number of amides is 1. The highest BCUT2D eigenvalue weighted by atomic mass is 16.5. The minimum atomic E-state index is -0.0841. The fourth-order valence-corrected chi connectivity index (χ4v) is 3.45. The number of benzene rings is 1.